The van der Waals surface area contributed by atoms with E-state index in [1.165, 1.54) is 0 Å². The minimum Gasteiger partial charge on any atom is -0.392 e. The first kappa shape index (κ1) is 16.7. The summed E-state index contributed by atoms with van der Waals surface area (Å²) in [5, 5.41) is 14.3. The summed E-state index contributed by atoms with van der Waals surface area (Å²) in [6.45, 7) is 3.71. The third kappa shape index (κ3) is 4.66. The van der Waals surface area contributed by atoms with Gasteiger partial charge < -0.3 is 15.7 Å². The Bertz CT molecular complexity index is 726. The molecule has 0 unspecified atom stereocenters. The van der Waals surface area contributed by atoms with Gasteiger partial charge in [-0.1, -0.05) is 18.2 Å². The van der Waals surface area contributed by atoms with Crippen molar-refractivity contribution >= 4 is 17.5 Å². The molecule has 0 atom stereocenters. The van der Waals surface area contributed by atoms with Crippen LogP contribution in [0.15, 0.2) is 42.5 Å². The van der Waals surface area contributed by atoms with E-state index < -0.39 is 0 Å². The molecular weight excluding hydrogens is 292 g/mol. The van der Waals surface area contributed by atoms with Crippen LogP contribution in [0, 0.1) is 13.8 Å². The van der Waals surface area contributed by atoms with E-state index in [4.69, 9.17) is 5.11 Å². The number of hydrogen-bond acceptors (Lipinski definition) is 3. The van der Waals surface area contributed by atoms with E-state index in [1.54, 1.807) is 36.4 Å². The lowest BCUT2D eigenvalue weighted by Crippen LogP contribution is -2.32. The van der Waals surface area contributed by atoms with Crippen molar-refractivity contribution in [3.05, 3.63) is 64.7 Å². The van der Waals surface area contributed by atoms with Crippen LogP contribution in [0.25, 0.3) is 0 Å². The van der Waals surface area contributed by atoms with Crippen molar-refractivity contribution in [3.8, 4) is 0 Å². The zero-order valence-electron chi connectivity index (χ0n) is 13.2. The molecule has 5 heteroatoms. The molecule has 120 valence electrons. The largest absolute Gasteiger partial charge is 0.392 e. The Morgan fingerprint density at radius 2 is 1.83 bits per heavy atom. The number of rotatable bonds is 5. The average Bonchev–Trinajstić information content (AvgIpc) is 2.55. The molecule has 0 heterocycles. The molecule has 0 spiro atoms. The Hall–Kier alpha value is -2.66. The van der Waals surface area contributed by atoms with E-state index in [-0.39, 0.29) is 25.0 Å². The van der Waals surface area contributed by atoms with Gasteiger partial charge >= 0.3 is 0 Å². The molecule has 3 N–H and O–H groups in total. The Morgan fingerprint density at radius 3 is 2.52 bits per heavy atom. The van der Waals surface area contributed by atoms with Crippen LogP contribution in [-0.2, 0) is 11.4 Å². The number of carbonyl (C=O) groups excluding carboxylic acids is 2. The van der Waals surface area contributed by atoms with Gasteiger partial charge in [-0.2, -0.15) is 0 Å². The van der Waals surface area contributed by atoms with Crippen molar-refractivity contribution in [1.82, 2.24) is 5.32 Å². The SMILES string of the molecule is Cc1ccc(C(=O)NCC(=O)Nc2cccc(CO)c2)cc1C. The van der Waals surface area contributed by atoms with Gasteiger partial charge in [0, 0.05) is 11.3 Å². The van der Waals surface area contributed by atoms with Crippen LogP contribution in [0.5, 0.6) is 0 Å². The van der Waals surface area contributed by atoms with Crippen molar-refractivity contribution in [3.63, 3.8) is 0 Å². The molecule has 0 aliphatic carbocycles. The molecule has 2 rings (SSSR count). The van der Waals surface area contributed by atoms with E-state index in [0.717, 1.165) is 11.1 Å². The molecule has 0 bridgehead atoms. The van der Waals surface area contributed by atoms with Crippen molar-refractivity contribution in [2.75, 3.05) is 11.9 Å². The van der Waals surface area contributed by atoms with Crippen LogP contribution >= 0.6 is 0 Å². The molecule has 0 saturated carbocycles. The van der Waals surface area contributed by atoms with Crippen molar-refractivity contribution in [1.29, 1.82) is 0 Å². The molecular formula is C18H20N2O3. The number of amides is 2. The Morgan fingerprint density at radius 1 is 1.04 bits per heavy atom. The van der Waals surface area contributed by atoms with Crippen LogP contribution in [0.1, 0.15) is 27.0 Å². The lowest BCUT2D eigenvalue weighted by Gasteiger charge is -2.09. The quantitative estimate of drug-likeness (QED) is 0.791. The summed E-state index contributed by atoms with van der Waals surface area (Å²) in [5.41, 5.74) is 3.97. The molecule has 0 radical (unpaired) electrons. The Balaban J connectivity index is 1.90. The van der Waals surface area contributed by atoms with Gasteiger partial charge in [-0.05, 0) is 54.8 Å². The Labute approximate surface area is 135 Å². The number of anilines is 1. The minimum atomic E-state index is -0.322. The van der Waals surface area contributed by atoms with E-state index in [2.05, 4.69) is 10.6 Å². The highest BCUT2D eigenvalue weighted by Crippen LogP contribution is 2.11. The van der Waals surface area contributed by atoms with Gasteiger partial charge in [0.15, 0.2) is 0 Å². The predicted molar refractivity (Wildman–Crippen MR) is 89.2 cm³/mol. The smallest absolute Gasteiger partial charge is 0.251 e. The van der Waals surface area contributed by atoms with Gasteiger partial charge in [0.25, 0.3) is 5.91 Å². The van der Waals surface area contributed by atoms with Crippen molar-refractivity contribution in [2.24, 2.45) is 0 Å². The fraction of sp³-hybridized carbons (Fsp3) is 0.222. The van der Waals surface area contributed by atoms with E-state index in [1.807, 2.05) is 19.9 Å². The van der Waals surface area contributed by atoms with Gasteiger partial charge in [-0.15, -0.1) is 0 Å². The molecule has 0 aliphatic rings. The number of hydrogen-bond donors (Lipinski definition) is 3. The molecule has 23 heavy (non-hydrogen) atoms. The summed E-state index contributed by atoms with van der Waals surface area (Å²) in [4.78, 5) is 23.9. The Kier molecular flexibility index (Phi) is 5.49. The zero-order chi connectivity index (χ0) is 16.8. The third-order valence-electron chi connectivity index (χ3n) is 3.57. The number of carbonyl (C=O) groups is 2. The second-order valence-corrected chi connectivity index (χ2v) is 5.39. The molecule has 2 amide bonds. The normalized spacial score (nSPS) is 10.2. The van der Waals surface area contributed by atoms with E-state index >= 15 is 0 Å². The molecule has 0 saturated heterocycles. The summed E-state index contributed by atoms with van der Waals surface area (Å²) < 4.78 is 0. The summed E-state index contributed by atoms with van der Waals surface area (Å²) in [7, 11) is 0. The number of aliphatic hydroxyl groups is 1. The molecule has 2 aromatic rings. The minimum absolute atomic E-state index is 0.0901. The molecule has 0 aromatic heterocycles. The maximum absolute atomic E-state index is 12.0. The molecule has 5 nitrogen and oxygen atoms in total. The average molecular weight is 312 g/mol. The summed E-state index contributed by atoms with van der Waals surface area (Å²) in [6, 6.07) is 12.3. The monoisotopic (exact) mass is 312 g/mol. The summed E-state index contributed by atoms with van der Waals surface area (Å²) in [5.74, 6) is -0.607. The number of aryl methyl sites for hydroxylation is 2. The van der Waals surface area contributed by atoms with Crippen LogP contribution in [-0.4, -0.2) is 23.5 Å². The number of nitrogens with one attached hydrogen (secondary N) is 2. The maximum Gasteiger partial charge on any atom is 0.251 e. The number of benzene rings is 2. The highest BCUT2D eigenvalue weighted by atomic mass is 16.3. The van der Waals surface area contributed by atoms with Crippen LogP contribution in [0.3, 0.4) is 0 Å². The first-order valence-electron chi connectivity index (χ1n) is 7.34. The second-order valence-electron chi connectivity index (χ2n) is 5.39. The fourth-order valence-electron chi connectivity index (χ4n) is 2.10. The fourth-order valence-corrected chi connectivity index (χ4v) is 2.10. The topological polar surface area (TPSA) is 78.4 Å². The van der Waals surface area contributed by atoms with Gasteiger partial charge in [0.2, 0.25) is 5.91 Å². The lowest BCUT2D eigenvalue weighted by molar-refractivity contribution is -0.115. The molecule has 0 aliphatic heterocycles. The second kappa shape index (κ2) is 7.56. The van der Waals surface area contributed by atoms with Gasteiger partial charge in [-0.25, -0.2) is 0 Å². The van der Waals surface area contributed by atoms with Crippen molar-refractivity contribution in [2.45, 2.75) is 20.5 Å². The third-order valence-corrected chi connectivity index (χ3v) is 3.57. The zero-order valence-corrected chi connectivity index (χ0v) is 13.2. The van der Waals surface area contributed by atoms with Crippen LogP contribution in [0.2, 0.25) is 0 Å². The first-order valence-corrected chi connectivity index (χ1v) is 7.34. The highest BCUT2D eigenvalue weighted by Gasteiger charge is 2.09. The van der Waals surface area contributed by atoms with E-state index in [0.29, 0.717) is 16.8 Å². The van der Waals surface area contributed by atoms with Crippen LogP contribution < -0.4 is 10.6 Å². The molecule has 2 aromatic carbocycles. The first-order chi connectivity index (χ1) is 11.0. The van der Waals surface area contributed by atoms with Gasteiger partial charge in [-0.3, -0.25) is 9.59 Å². The van der Waals surface area contributed by atoms with Crippen molar-refractivity contribution < 1.29 is 14.7 Å². The number of aliphatic hydroxyl groups excluding tert-OH is 1. The lowest BCUT2D eigenvalue weighted by atomic mass is 10.1. The summed E-state index contributed by atoms with van der Waals surface area (Å²) in [6.07, 6.45) is 0. The highest BCUT2D eigenvalue weighted by molar-refractivity contribution is 5.99. The molecule has 0 fully saturated rings. The predicted octanol–water partition coefficient (Wildman–Crippen LogP) is 2.16. The standard InChI is InChI=1S/C18H20N2O3/c1-12-6-7-15(8-13(12)2)18(23)19-10-17(22)20-16-5-3-4-14(9-16)11-21/h3-9,21H,10-11H2,1-2H3,(H,19,23)(H,20,22). The maximum atomic E-state index is 12.0. The van der Waals surface area contributed by atoms with Gasteiger partial charge in [0.05, 0.1) is 13.2 Å². The van der Waals surface area contributed by atoms with Gasteiger partial charge in [0.1, 0.15) is 0 Å². The van der Waals surface area contributed by atoms with E-state index in [9.17, 15) is 9.59 Å². The summed E-state index contributed by atoms with van der Waals surface area (Å²) >= 11 is 0. The van der Waals surface area contributed by atoms with Crippen LogP contribution in [0.4, 0.5) is 5.69 Å².